The Kier molecular flexibility index (Phi) is 7.87. The Morgan fingerprint density at radius 3 is 2.35 bits per heavy atom. The van der Waals surface area contributed by atoms with Crippen molar-refractivity contribution >= 4 is 56.6 Å². The molecule has 0 aliphatic rings. The summed E-state index contributed by atoms with van der Waals surface area (Å²) in [7, 11) is -3.79. The van der Waals surface area contributed by atoms with Crippen LogP contribution in [0.1, 0.15) is 17.0 Å². The van der Waals surface area contributed by atoms with Crippen molar-refractivity contribution in [2.45, 2.75) is 29.3 Å². The first kappa shape index (κ1) is 25.0. The fraction of sp³-hybridized carbons (Fsp3) is 0.130. The van der Waals surface area contributed by atoms with Crippen molar-refractivity contribution in [3.63, 3.8) is 0 Å². The monoisotopic (exact) mass is 552 g/mol. The van der Waals surface area contributed by atoms with E-state index in [2.05, 4.69) is 21.0 Å². The maximum absolute atomic E-state index is 12.8. The van der Waals surface area contributed by atoms with Gasteiger partial charge in [0.15, 0.2) is 11.0 Å². The third kappa shape index (κ3) is 5.76. The van der Waals surface area contributed by atoms with Crippen molar-refractivity contribution in [1.82, 2.24) is 19.5 Å². The Morgan fingerprint density at radius 1 is 0.941 bits per heavy atom. The van der Waals surface area contributed by atoms with Crippen LogP contribution in [0.5, 0.6) is 0 Å². The van der Waals surface area contributed by atoms with Crippen molar-refractivity contribution in [1.29, 1.82) is 0 Å². The summed E-state index contributed by atoms with van der Waals surface area (Å²) in [4.78, 5) is 0.0987. The molecule has 6 nitrogen and oxygen atoms in total. The van der Waals surface area contributed by atoms with Crippen molar-refractivity contribution in [3.8, 4) is 5.69 Å². The number of thioether (sulfide) groups is 1. The number of halogens is 3. The highest BCUT2D eigenvalue weighted by Crippen LogP contribution is 2.31. The van der Waals surface area contributed by atoms with Crippen molar-refractivity contribution in [2.24, 2.45) is 0 Å². The van der Waals surface area contributed by atoms with E-state index in [-0.39, 0.29) is 11.4 Å². The van der Waals surface area contributed by atoms with E-state index in [1.807, 2.05) is 25.1 Å². The van der Waals surface area contributed by atoms with Gasteiger partial charge in [-0.05, 0) is 60.5 Å². The lowest BCUT2D eigenvalue weighted by Crippen LogP contribution is -2.25. The molecular weight excluding hydrogens is 535 g/mol. The molecule has 176 valence electrons. The van der Waals surface area contributed by atoms with E-state index in [1.54, 1.807) is 22.8 Å². The molecule has 0 unspecified atom stereocenters. The maximum Gasteiger partial charge on any atom is 0.240 e. The van der Waals surface area contributed by atoms with Gasteiger partial charge in [-0.1, -0.05) is 70.8 Å². The Bertz CT molecular complexity index is 1420. The normalized spacial score (nSPS) is 11.6. The van der Waals surface area contributed by atoms with Crippen LogP contribution in [0.25, 0.3) is 5.69 Å². The van der Waals surface area contributed by atoms with Gasteiger partial charge in [0.1, 0.15) is 0 Å². The number of nitrogens with one attached hydrogen (secondary N) is 1. The molecule has 11 heteroatoms. The molecule has 0 spiro atoms. The van der Waals surface area contributed by atoms with Crippen LogP contribution < -0.4 is 4.72 Å². The highest BCUT2D eigenvalue weighted by Gasteiger charge is 2.20. The largest absolute Gasteiger partial charge is 0.271 e. The number of benzene rings is 3. The smallest absolute Gasteiger partial charge is 0.240 e. The van der Waals surface area contributed by atoms with E-state index in [1.165, 1.54) is 41.6 Å². The molecule has 1 N–H and O–H groups in total. The summed E-state index contributed by atoms with van der Waals surface area (Å²) in [6, 6.07) is 19.1. The fourth-order valence-electron chi connectivity index (χ4n) is 3.18. The van der Waals surface area contributed by atoms with Crippen LogP contribution >= 0.6 is 46.6 Å². The van der Waals surface area contributed by atoms with Crippen LogP contribution in [-0.4, -0.2) is 23.2 Å². The molecule has 3 aromatic carbocycles. The lowest BCUT2D eigenvalue weighted by atomic mass is 10.1. The summed E-state index contributed by atoms with van der Waals surface area (Å²) in [5.74, 6) is 1.04. The number of nitrogens with zero attached hydrogens (tertiary/aromatic N) is 3. The third-order valence-electron chi connectivity index (χ3n) is 5.01. The highest BCUT2D eigenvalue weighted by molar-refractivity contribution is 7.98. The fourth-order valence-corrected chi connectivity index (χ4v) is 5.82. The Hall–Kier alpha value is -2.07. The molecule has 34 heavy (non-hydrogen) atoms. The first-order valence-corrected chi connectivity index (χ1v) is 13.7. The number of aryl methyl sites for hydroxylation is 1. The van der Waals surface area contributed by atoms with Gasteiger partial charge in [0.2, 0.25) is 10.0 Å². The predicted octanol–water partition coefficient (Wildman–Crippen LogP) is 6.31. The molecule has 4 rings (SSSR count). The average molecular weight is 554 g/mol. The van der Waals surface area contributed by atoms with Gasteiger partial charge in [0.25, 0.3) is 0 Å². The number of hydrogen-bond acceptors (Lipinski definition) is 5. The third-order valence-corrected chi connectivity index (χ3v) is 8.20. The van der Waals surface area contributed by atoms with Crippen LogP contribution in [0.3, 0.4) is 0 Å². The minimum Gasteiger partial charge on any atom is -0.271 e. The summed E-state index contributed by atoms with van der Waals surface area (Å²) in [5.41, 5.74) is 2.93. The molecule has 0 aliphatic heterocycles. The summed E-state index contributed by atoms with van der Waals surface area (Å²) in [6.45, 7) is 1.95. The molecule has 0 bridgehead atoms. The highest BCUT2D eigenvalue weighted by atomic mass is 35.5. The summed E-state index contributed by atoms with van der Waals surface area (Å²) in [6.07, 6.45) is 0. The molecule has 0 saturated carbocycles. The van der Waals surface area contributed by atoms with E-state index in [0.29, 0.717) is 37.5 Å². The lowest BCUT2D eigenvalue weighted by Gasteiger charge is -2.13. The lowest BCUT2D eigenvalue weighted by molar-refractivity contribution is 0.578. The SMILES string of the molecule is Cc1ccccc1CSc1nnc(CNS(=O)(=O)c2ccc(Cl)cc2)n1-c1ccc(Cl)cc1Cl. The van der Waals surface area contributed by atoms with Crippen LogP contribution in [0.15, 0.2) is 76.8 Å². The van der Waals surface area contributed by atoms with Crippen molar-refractivity contribution < 1.29 is 8.42 Å². The molecule has 0 aliphatic carbocycles. The van der Waals surface area contributed by atoms with Gasteiger partial charge in [-0.15, -0.1) is 10.2 Å². The van der Waals surface area contributed by atoms with Gasteiger partial charge in [-0.3, -0.25) is 4.57 Å². The second kappa shape index (κ2) is 10.7. The van der Waals surface area contributed by atoms with E-state index >= 15 is 0 Å². The topological polar surface area (TPSA) is 76.9 Å². The summed E-state index contributed by atoms with van der Waals surface area (Å²) < 4.78 is 29.9. The number of hydrogen-bond donors (Lipinski definition) is 1. The number of aromatic nitrogens is 3. The summed E-state index contributed by atoms with van der Waals surface area (Å²) in [5, 5.41) is 10.5. The van der Waals surface area contributed by atoms with Crippen LogP contribution in [0.4, 0.5) is 0 Å². The van der Waals surface area contributed by atoms with E-state index < -0.39 is 10.0 Å². The first-order chi connectivity index (χ1) is 16.2. The zero-order valence-corrected chi connectivity index (χ0v) is 21.8. The van der Waals surface area contributed by atoms with Crippen LogP contribution in [0, 0.1) is 6.92 Å². The Labute approximate surface area is 217 Å². The summed E-state index contributed by atoms with van der Waals surface area (Å²) >= 11 is 19.9. The van der Waals surface area contributed by atoms with Gasteiger partial charge < -0.3 is 0 Å². The molecule has 0 atom stereocenters. The minimum absolute atomic E-state index is 0.0954. The molecule has 1 aromatic heterocycles. The zero-order chi connectivity index (χ0) is 24.3. The second-order valence-corrected chi connectivity index (χ2v) is 11.3. The average Bonchev–Trinajstić information content (AvgIpc) is 3.20. The van der Waals surface area contributed by atoms with Gasteiger partial charge in [-0.25, -0.2) is 13.1 Å². The predicted molar refractivity (Wildman–Crippen MR) is 138 cm³/mol. The molecule has 1 heterocycles. The standard InChI is InChI=1S/C23H19Cl3N4O2S2/c1-15-4-2-3-5-16(15)14-33-23-29-28-22(30(23)21-11-8-18(25)12-20(21)26)13-27-34(31,32)19-9-6-17(24)7-10-19/h2-12,27H,13-14H2,1H3. The number of rotatable bonds is 8. The van der Waals surface area contributed by atoms with E-state index in [9.17, 15) is 8.42 Å². The Balaban J connectivity index is 1.65. The quantitative estimate of drug-likeness (QED) is 0.259. The van der Waals surface area contributed by atoms with Crippen LogP contribution in [-0.2, 0) is 22.3 Å². The molecule has 0 fully saturated rings. The van der Waals surface area contributed by atoms with Crippen molar-refractivity contribution in [3.05, 3.63) is 98.7 Å². The Morgan fingerprint density at radius 2 is 1.65 bits per heavy atom. The van der Waals surface area contributed by atoms with Gasteiger partial charge >= 0.3 is 0 Å². The first-order valence-electron chi connectivity index (χ1n) is 10.1. The second-order valence-electron chi connectivity index (χ2n) is 7.32. The van der Waals surface area contributed by atoms with Gasteiger partial charge in [-0.2, -0.15) is 0 Å². The van der Waals surface area contributed by atoms with Gasteiger partial charge in [0.05, 0.1) is 22.2 Å². The van der Waals surface area contributed by atoms with Crippen molar-refractivity contribution in [2.75, 3.05) is 0 Å². The zero-order valence-electron chi connectivity index (χ0n) is 17.9. The number of sulfonamides is 1. The van der Waals surface area contributed by atoms with E-state index in [0.717, 1.165) is 5.56 Å². The molecule has 0 saturated heterocycles. The molecule has 0 radical (unpaired) electrons. The minimum atomic E-state index is -3.79. The van der Waals surface area contributed by atoms with Crippen LogP contribution in [0.2, 0.25) is 15.1 Å². The maximum atomic E-state index is 12.8. The van der Waals surface area contributed by atoms with Gasteiger partial charge in [0, 0.05) is 15.8 Å². The molecule has 0 amide bonds. The van der Waals surface area contributed by atoms with E-state index in [4.69, 9.17) is 34.8 Å². The molecular formula is C23H19Cl3N4O2S2. The molecule has 4 aromatic rings.